The van der Waals surface area contributed by atoms with E-state index >= 15 is 0 Å². The van der Waals surface area contributed by atoms with Gasteiger partial charge in [0.2, 0.25) is 6.10 Å². The standard InChI is InChI=1S/C44H59NO7.C2HF3O2/c1-4-5-6-7-8-9-10-11-12-13-14-15-16-17-21-24-37(46)51-39(32-22-19-18-20-23-32)42(47)50-35-27-28-44(48)36-31-33-25-26-34(49-3)40-38(33)43(44,41(35)52-40)29-30-45(36)2;3-2(4,5)1(6)7/h11-12,18-20,22-23,25-27,36,39,41,48H,4-10,13-17,21,24,28-31H2,1-3H3;(H,6,7)/b12-11-;/t36-,39?,41+,43+,44-;/m1./s1. The van der Waals surface area contributed by atoms with Gasteiger partial charge in [0, 0.05) is 30.0 Å². The van der Waals surface area contributed by atoms with Crippen molar-refractivity contribution in [1.29, 1.82) is 0 Å². The second kappa shape index (κ2) is 20.7. The number of likely N-dealkylation sites (N-methyl/N-ethyl adjacent to an activating group) is 1. The van der Waals surface area contributed by atoms with Crippen LogP contribution in [-0.2, 0) is 35.7 Å². The summed E-state index contributed by atoms with van der Waals surface area (Å²) in [7, 11) is 3.67. The van der Waals surface area contributed by atoms with E-state index in [0.29, 0.717) is 48.5 Å². The fourth-order valence-electron chi connectivity index (χ4n) is 9.17. The molecule has 13 heteroatoms. The number of alkyl halides is 3. The Morgan fingerprint density at radius 2 is 1.58 bits per heavy atom. The van der Waals surface area contributed by atoms with Crippen molar-refractivity contribution in [1.82, 2.24) is 4.90 Å². The number of carbonyl (C=O) groups excluding carboxylic acids is 2. The zero-order valence-corrected chi connectivity index (χ0v) is 34.6. The number of carboxylic acid groups (broad SMARTS) is 1. The molecule has 0 saturated carbocycles. The molecule has 2 aromatic rings. The van der Waals surface area contributed by atoms with Crippen molar-refractivity contribution in [2.75, 3.05) is 20.7 Å². The lowest BCUT2D eigenvalue weighted by Gasteiger charge is -2.61. The number of allylic oxidation sites excluding steroid dienone is 2. The SMILES string of the molecule is CCCCCCCC/C=C\CCCCCCCC(=O)OC(C(=O)OC1=CC[C@@]2(O)[C@H]3Cc4ccc(OC)c5c4[C@@]2(CCN3C)[C@H]1O5)c1ccccc1.O=C(O)C(F)(F)F. The number of aliphatic carboxylic acids is 1. The smallest absolute Gasteiger partial charge is 0.490 e. The molecule has 2 aromatic carbocycles. The number of esters is 2. The molecule has 2 bridgehead atoms. The first-order valence-corrected chi connectivity index (χ1v) is 21.2. The summed E-state index contributed by atoms with van der Waals surface area (Å²) >= 11 is 0. The van der Waals surface area contributed by atoms with Crippen LogP contribution in [0.15, 0.2) is 66.5 Å². The van der Waals surface area contributed by atoms with Gasteiger partial charge in [0.05, 0.1) is 18.1 Å². The number of rotatable bonds is 20. The first kappa shape index (κ1) is 45.7. The van der Waals surface area contributed by atoms with Gasteiger partial charge in [0.25, 0.3) is 0 Å². The summed E-state index contributed by atoms with van der Waals surface area (Å²) in [6, 6.07) is 12.9. The average molecular weight is 828 g/mol. The van der Waals surface area contributed by atoms with Gasteiger partial charge in [-0.05, 0) is 76.2 Å². The third kappa shape index (κ3) is 10.5. The summed E-state index contributed by atoms with van der Waals surface area (Å²) in [5, 5.41) is 19.6. The molecule has 1 saturated heterocycles. The number of benzene rings is 2. The number of likely N-dealkylation sites (tertiary alicyclic amines) is 1. The second-order valence-corrected chi connectivity index (χ2v) is 16.1. The van der Waals surface area contributed by atoms with Crippen molar-refractivity contribution in [3.63, 3.8) is 0 Å². The predicted octanol–water partition coefficient (Wildman–Crippen LogP) is 9.47. The van der Waals surface area contributed by atoms with E-state index in [2.05, 4.69) is 37.1 Å². The normalized spacial score (nSPS) is 23.3. The van der Waals surface area contributed by atoms with E-state index in [-0.39, 0.29) is 12.5 Å². The quantitative estimate of drug-likeness (QED) is 0.0756. The molecule has 5 atom stereocenters. The summed E-state index contributed by atoms with van der Waals surface area (Å²) in [5.41, 5.74) is 0.734. The van der Waals surface area contributed by atoms with Crippen LogP contribution in [0.4, 0.5) is 13.2 Å². The van der Waals surface area contributed by atoms with Crippen LogP contribution < -0.4 is 9.47 Å². The minimum absolute atomic E-state index is 0.109. The molecule has 0 radical (unpaired) electrons. The summed E-state index contributed by atoms with van der Waals surface area (Å²) in [6.07, 6.45) is 16.6. The number of methoxy groups -OCH3 is 1. The molecular formula is C46H60F3NO9. The van der Waals surface area contributed by atoms with Crippen molar-refractivity contribution in [2.24, 2.45) is 0 Å². The first-order valence-electron chi connectivity index (χ1n) is 21.2. The molecule has 2 aliphatic heterocycles. The van der Waals surface area contributed by atoms with E-state index in [9.17, 15) is 27.9 Å². The Balaban J connectivity index is 0.000000867. The third-order valence-corrected chi connectivity index (χ3v) is 12.2. The highest BCUT2D eigenvalue weighted by Crippen LogP contribution is 2.65. The van der Waals surface area contributed by atoms with Gasteiger partial charge in [0.15, 0.2) is 17.6 Å². The molecule has 4 aliphatic rings. The van der Waals surface area contributed by atoms with Gasteiger partial charge >= 0.3 is 24.1 Å². The Morgan fingerprint density at radius 3 is 2.20 bits per heavy atom. The number of piperidine rings is 1. The number of nitrogens with zero attached hydrogens (tertiary/aromatic N) is 1. The topological polar surface area (TPSA) is 132 Å². The predicted molar refractivity (Wildman–Crippen MR) is 216 cm³/mol. The minimum atomic E-state index is -5.08. The van der Waals surface area contributed by atoms with Crippen molar-refractivity contribution in [2.45, 2.75) is 152 Å². The van der Waals surface area contributed by atoms with E-state index in [1.165, 1.54) is 44.9 Å². The van der Waals surface area contributed by atoms with Crippen molar-refractivity contribution < 1.29 is 56.7 Å². The maximum atomic E-state index is 14.0. The molecule has 6 rings (SSSR count). The summed E-state index contributed by atoms with van der Waals surface area (Å²) in [5.74, 6) is -2.30. The van der Waals surface area contributed by atoms with Gasteiger partial charge in [-0.3, -0.25) is 4.79 Å². The highest BCUT2D eigenvalue weighted by molar-refractivity contribution is 5.82. The molecular weight excluding hydrogens is 767 g/mol. The fraction of sp³-hybridized carbons (Fsp3) is 0.587. The molecule has 0 aromatic heterocycles. The maximum absolute atomic E-state index is 14.0. The highest BCUT2D eigenvalue weighted by atomic mass is 19.4. The third-order valence-electron chi connectivity index (χ3n) is 12.2. The highest BCUT2D eigenvalue weighted by Gasteiger charge is 2.72. The van der Waals surface area contributed by atoms with Crippen LogP contribution in [0, 0.1) is 0 Å². The minimum Gasteiger partial charge on any atom is -0.493 e. The van der Waals surface area contributed by atoms with Crippen LogP contribution in [0.25, 0.3) is 0 Å². The van der Waals surface area contributed by atoms with Crippen LogP contribution in [0.5, 0.6) is 11.5 Å². The van der Waals surface area contributed by atoms with Gasteiger partial charge < -0.3 is 34.1 Å². The van der Waals surface area contributed by atoms with Crippen LogP contribution in [0.2, 0.25) is 0 Å². The molecule has 2 aliphatic carbocycles. The molecule has 324 valence electrons. The molecule has 10 nitrogen and oxygen atoms in total. The van der Waals surface area contributed by atoms with Crippen molar-refractivity contribution in [3.05, 3.63) is 83.1 Å². The van der Waals surface area contributed by atoms with Gasteiger partial charge in [-0.2, -0.15) is 13.2 Å². The van der Waals surface area contributed by atoms with Gasteiger partial charge in [-0.25, -0.2) is 9.59 Å². The van der Waals surface area contributed by atoms with Gasteiger partial charge in [-0.15, -0.1) is 0 Å². The molecule has 1 unspecified atom stereocenters. The van der Waals surface area contributed by atoms with Crippen LogP contribution in [0.3, 0.4) is 0 Å². The lowest BCUT2D eigenvalue weighted by Crippen LogP contribution is -2.74. The Bertz CT molecular complexity index is 1800. The van der Waals surface area contributed by atoms with Crippen LogP contribution >= 0.6 is 0 Å². The number of halogens is 3. The number of carboxylic acids is 1. The van der Waals surface area contributed by atoms with Crippen molar-refractivity contribution in [3.8, 4) is 11.5 Å². The van der Waals surface area contributed by atoms with Crippen LogP contribution in [-0.4, -0.2) is 77.6 Å². The second-order valence-electron chi connectivity index (χ2n) is 16.1. The number of aliphatic hydroxyl groups is 1. The first-order chi connectivity index (χ1) is 28.3. The van der Waals surface area contributed by atoms with E-state index in [4.69, 9.17) is 28.8 Å². The lowest BCUT2D eigenvalue weighted by atomic mass is 9.50. The largest absolute Gasteiger partial charge is 0.493 e. The Hall–Kier alpha value is -4.36. The van der Waals surface area contributed by atoms with Crippen LogP contribution in [0.1, 0.15) is 132 Å². The molecule has 1 fully saturated rings. The zero-order chi connectivity index (χ0) is 42.6. The van der Waals surface area contributed by atoms with Gasteiger partial charge in [-0.1, -0.05) is 107 Å². The monoisotopic (exact) mass is 827 g/mol. The van der Waals surface area contributed by atoms with E-state index in [1.54, 1.807) is 25.3 Å². The average Bonchev–Trinajstić information content (AvgIpc) is 3.57. The number of ether oxygens (including phenoxy) is 4. The van der Waals surface area contributed by atoms with E-state index < -0.39 is 47.3 Å². The summed E-state index contributed by atoms with van der Waals surface area (Å²) in [6.45, 7) is 3.02. The molecule has 59 heavy (non-hydrogen) atoms. The number of unbranched alkanes of at least 4 members (excludes halogenated alkanes) is 11. The maximum Gasteiger partial charge on any atom is 0.490 e. The number of hydrogen-bond acceptors (Lipinski definition) is 9. The fourth-order valence-corrected chi connectivity index (χ4v) is 9.17. The Kier molecular flexibility index (Phi) is 16.1. The summed E-state index contributed by atoms with van der Waals surface area (Å²) < 4.78 is 56.1. The Labute approximate surface area is 345 Å². The summed E-state index contributed by atoms with van der Waals surface area (Å²) in [4.78, 5) is 38.3. The molecule has 2 N–H and O–H groups in total. The van der Waals surface area contributed by atoms with E-state index in [0.717, 1.165) is 49.8 Å². The lowest BCUT2D eigenvalue weighted by molar-refractivity contribution is -0.192. The molecule has 1 spiro atoms. The molecule has 2 heterocycles. The number of carbonyl (C=O) groups is 3. The number of hydrogen-bond donors (Lipinski definition) is 2. The Morgan fingerprint density at radius 1 is 0.949 bits per heavy atom. The van der Waals surface area contributed by atoms with Gasteiger partial charge in [0.1, 0.15) is 5.76 Å². The molecule has 0 amide bonds. The van der Waals surface area contributed by atoms with E-state index in [1.807, 2.05) is 24.3 Å². The van der Waals surface area contributed by atoms with Crippen molar-refractivity contribution >= 4 is 17.9 Å². The zero-order valence-electron chi connectivity index (χ0n) is 34.6.